The van der Waals surface area contributed by atoms with Crippen LogP contribution in [0.25, 0.3) is 0 Å². The summed E-state index contributed by atoms with van der Waals surface area (Å²) in [6.07, 6.45) is 1.62. The largest absolute Gasteiger partial charge is 0.341 e. The van der Waals surface area contributed by atoms with Gasteiger partial charge in [0.1, 0.15) is 0 Å². The standard InChI is InChI=1S/C6H9NOS/c1-4-3-6(8)7-5(2)9-4/h3,5H,1-2H3,(H,7,8). The van der Waals surface area contributed by atoms with Gasteiger partial charge in [-0.25, -0.2) is 0 Å². The van der Waals surface area contributed by atoms with E-state index in [4.69, 9.17) is 0 Å². The number of nitrogens with one attached hydrogen (secondary N) is 1. The zero-order valence-corrected chi connectivity index (χ0v) is 6.29. The van der Waals surface area contributed by atoms with Crippen LogP contribution in [-0.2, 0) is 4.79 Å². The zero-order valence-electron chi connectivity index (χ0n) is 5.47. The third-order valence-corrected chi connectivity index (χ3v) is 2.00. The summed E-state index contributed by atoms with van der Waals surface area (Å²) in [6.45, 7) is 3.92. The molecule has 0 radical (unpaired) electrons. The van der Waals surface area contributed by atoms with E-state index in [1.165, 1.54) is 0 Å². The van der Waals surface area contributed by atoms with Crippen molar-refractivity contribution in [3.63, 3.8) is 0 Å². The van der Waals surface area contributed by atoms with E-state index in [0.29, 0.717) is 0 Å². The predicted molar refractivity (Wildman–Crippen MR) is 39.0 cm³/mol. The van der Waals surface area contributed by atoms with E-state index in [1.807, 2.05) is 13.8 Å². The van der Waals surface area contributed by atoms with Crippen molar-refractivity contribution >= 4 is 17.7 Å². The second-order valence-electron chi connectivity index (χ2n) is 2.02. The Balaban J connectivity index is 2.67. The summed E-state index contributed by atoms with van der Waals surface area (Å²) in [5.41, 5.74) is 0. The van der Waals surface area contributed by atoms with Gasteiger partial charge in [-0.05, 0) is 18.8 Å². The van der Waals surface area contributed by atoms with Crippen LogP contribution >= 0.6 is 11.8 Å². The number of thioether (sulfide) groups is 1. The average molecular weight is 143 g/mol. The van der Waals surface area contributed by atoms with Crippen molar-refractivity contribution in [2.75, 3.05) is 0 Å². The van der Waals surface area contributed by atoms with Crippen LogP contribution in [0.15, 0.2) is 11.0 Å². The van der Waals surface area contributed by atoms with Crippen LogP contribution < -0.4 is 5.32 Å². The van der Waals surface area contributed by atoms with Crippen molar-refractivity contribution in [3.8, 4) is 0 Å². The highest BCUT2D eigenvalue weighted by atomic mass is 32.2. The summed E-state index contributed by atoms with van der Waals surface area (Å²) >= 11 is 1.67. The molecule has 1 amide bonds. The summed E-state index contributed by atoms with van der Waals surface area (Å²) in [6, 6.07) is 0. The molecular formula is C6H9NOS. The van der Waals surface area contributed by atoms with Crippen molar-refractivity contribution < 1.29 is 4.79 Å². The molecule has 0 fully saturated rings. The number of rotatable bonds is 0. The van der Waals surface area contributed by atoms with Crippen molar-refractivity contribution in [3.05, 3.63) is 11.0 Å². The quantitative estimate of drug-likeness (QED) is 0.550. The molecule has 1 aliphatic heterocycles. The normalized spacial score (nSPS) is 27.1. The van der Waals surface area contributed by atoms with Gasteiger partial charge in [-0.3, -0.25) is 4.79 Å². The minimum absolute atomic E-state index is 0.0266. The molecule has 1 N–H and O–H groups in total. The van der Waals surface area contributed by atoms with Crippen LogP contribution in [0.1, 0.15) is 13.8 Å². The maximum absolute atomic E-state index is 10.7. The smallest absolute Gasteiger partial charge is 0.245 e. The van der Waals surface area contributed by atoms with E-state index in [0.717, 1.165) is 4.91 Å². The fraction of sp³-hybridized carbons (Fsp3) is 0.500. The molecule has 0 saturated carbocycles. The van der Waals surface area contributed by atoms with Crippen LogP contribution in [0.2, 0.25) is 0 Å². The zero-order chi connectivity index (χ0) is 6.85. The van der Waals surface area contributed by atoms with Gasteiger partial charge in [0.05, 0.1) is 5.37 Å². The van der Waals surface area contributed by atoms with Crippen LogP contribution in [0.4, 0.5) is 0 Å². The molecule has 0 aromatic heterocycles. The molecule has 1 heterocycles. The van der Waals surface area contributed by atoms with Crippen LogP contribution in [0.3, 0.4) is 0 Å². The third kappa shape index (κ3) is 1.75. The van der Waals surface area contributed by atoms with Gasteiger partial charge in [0, 0.05) is 6.08 Å². The second kappa shape index (κ2) is 2.43. The first-order valence-electron chi connectivity index (χ1n) is 2.84. The Morgan fingerprint density at radius 2 is 2.44 bits per heavy atom. The fourth-order valence-electron chi connectivity index (χ4n) is 0.769. The lowest BCUT2D eigenvalue weighted by Gasteiger charge is -2.16. The molecule has 0 aliphatic carbocycles. The molecule has 0 aromatic carbocycles. The van der Waals surface area contributed by atoms with E-state index >= 15 is 0 Å². The van der Waals surface area contributed by atoms with Crippen molar-refractivity contribution in [1.29, 1.82) is 0 Å². The first-order valence-corrected chi connectivity index (χ1v) is 3.72. The lowest BCUT2D eigenvalue weighted by atomic mass is 10.5. The highest BCUT2D eigenvalue weighted by Crippen LogP contribution is 2.21. The van der Waals surface area contributed by atoms with Gasteiger partial charge in [0.15, 0.2) is 0 Å². The molecule has 1 rings (SSSR count). The molecular weight excluding hydrogens is 134 g/mol. The van der Waals surface area contributed by atoms with Crippen molar-refractivity contribution in [1.82, 2.24) is 5.32 Å². The van der Waals surface area contributed by atoms with E-state index in [9.17, 15) is 4.79 Å². The Kier molecular flexibility index (Phi) is 1.81. The van der Waals surface area contributed by atoms with Gasteiger partial charge >= 0.3 is 0 Å². The summed E-state index contributed by atoms with van der Waals surface area (Å²) in [4.78, 5) is 11.8. The van der Waals surface area contributed by atoms with Crippen LogP contribution in [0.5, 0.6) is 0 Å². The average Bonchev–Trinajstić information content (AvgIpc) is 1.59. The van der Waals surface area contributed by atoms with Gasteiger partial charge in [0.25, 0.3) is 0 Å². The summed E-state index contributed by atoms with van der Waals surface area (Å²) in [5, 5.41) is 3.00. The molecule has 1 atom stereocenters. The molecule has 0 aromatic rings. The highest BCUT2D eigenvalue weighted by Gasteiger charge is 2.11. The minimum atomic E-state index is 0.0266. The van der Waals surface area contributed by atoms with Crippen LogP contribution in [-0.4, -0.2) is 11.3 Å². The van der Waals surface area contributed by atoms with Crippen molar-refractivity contribution in [2.45, 2.75) is 19.2 Å². The maximum Gasteiger partial charge on any atom is 0.245 e. The van der Waals surface area contributed by atoms with E-state index in [2.05, 4.69) is 5.32 Å². The van der Waals surface area contributed by atoms with Crippen LogP contribution in [0, 0.1) is 0 Å². The van der Waals surface area contributed by atoms with E-state index < -0.39 is 0 Å². The fourth-order valence-corrected chi connectivity index (χ4v) is 1.68. The monoisotopic (exact) mass is 143 g/mol. The van der Waals surface area contributed by atoms with Gasteiger partial charge in [-0.1, -0.05) is 0 Å². The molecule has 50 valence electrons. The Hall–Kier alpha value is -0.440. The molecule has 2 nitrogen and oxygen atoms in total. The second-order valence-corrected chi connectivity index (χ2v) is 3.61. The topological polar surface area (TPSA) is 29.1 Å². The van der Waals surface area contributed by atoms with Gasteiger partial charge in [0.2, 0.25) is 5.91 Å². The lowest BCUT2D eigenvalue weighted by Crippen LogP contribution is -2.31. The molecule has 0 spiro atoms. The summed E-state index contributed by atoms with van der Waals surface area (Å²) in [5.74, 6) is 0.0266. The number of carbonyl (C=O) groups excluding carboxylic acids is 1. The number of allylic oxidation sites excluding steroid dienone is 1. The number of hydrogen-bond donors (Lipinski definition) is 1. The van der Waals surface area contributed by atoms with Crippen molar-refractivity contribution in [2.24, 2.45) is 0 Å². The Morgan fingerprint density at radius 3 is 2.89 bits per heavy atom. The maximum atomic E-state index is 10.7. The van der Waals surface area contributed by atoms with E-state index in [-0.39, 0.29) is 11.3 Å². The molecule has 3 heteroatoms. The van der Waals surface area contributed by atoms with Gasteiger partial charge in [-0.2, -0.15) is 0 Å². The Morgan fingerprint density at radius 1 is 1.78 bits per heavy atom. The SMILES string of the molecule is CC1=CC(=O)NC(C)S1. The Bertz CT molecular complexity index is 164. The molecule has 0 bridgehead atoms. The molecule has 9 heavy (non-hydrogen) atoms. The number of hydrogen-bond acceptors (Lipinski definition) is 2. The first kappa shape index (κ1) is 6.68. The number of carbonyl (C=O) groups is 1. The Labute approximate surface area is 58.7 Å². The first-order chi connectivity index (χ1) is 4.18. The number of amides is 1. The molecule has 1 unspecified atom stereocenters. The van der Waals surface area contributed by atoms with Gasteiger partial charge in [-0.15, -0.1) is 11.8 Å². The van der Waals surface area contributed by atoms with E-state index in [1.54, 1.807) is 17.8 Å². The third-order valence-electron chi connectivity index (χ3n) is 1.04. The summed E-state index contributed by atoms with van der Waals surface area (Å²) in [7, 11) is 0. The minimum Gasteiger partial charge on any atom is -0.341 e. The lowest BCUT2D eigenvalue weighted by molar-refractivity contribution is -0.116. The highest BCUT2D eigenvalue weighted by molar-refractivity contribution is 8.03. The molecule has 1 aliphatic rings. The predicted octanol–water partition coefficient (Wildman–Crippen LogP) is 1.10. The molecule has 0 saturated heterocycles. The van der Waals surface area contributed by atoms with Gasteiger partial charge < -0.3 is 5.32 Å². The summed E-state index contributed by atoms with van der Waals surface area (Å²) < 4.78 is 0.